The highest BCUT2D eigenvalue weighted by Gasteiger charge is 2.20. The molecule has 32 heavy (non-hydrogen) atoms. The molecule has 164 valence electrons. The molecule has 4 rings (SSSR count). The van der Waals surface area contributed by atoms with E-state index in [9.17, 15) is 4.79 Å². The number of hydrogen-bond acceptors (Lipinski definition) is 5. The number of methoxy groups -OCH3 is 3. The Balaban J connectivity index is 1.77. The normalized spacial score (nSPS) is 10.8. The third kappa shape index (κ3) is 4.36. The zero-order valence-electron chi connectivity index (χ0n) is 17.9. The fraction of sp³-hybridized carbons (Fsp3) is 0.160. The van der Waals surface area contributed by atoms with Gasteiger partial charge in [-0.1, -0.05) is 23.7 Å². The Bertz CT molecular complexity index is 1240. The van der Waals surface area contributed by atoms with Crippen LogP contribution in [0.5, 0.6) is 17.2 Å². The van der Waals surface area contributed by atoms with Gasteiger partial charge >= 0.3 is 0 Å². The topological polar surface area (TPSA) is 69.9 Å². The van der Waals surface area contributed by atoms with Crippen molar-refractivity contribution in [1.82, 2.24) is 5.32 Å². The van der Waals surface area contributed by atoms with Crippen LogP contribution in [-0.2, 0) is 6.54 Å². The van der Waals surface area contributed by atoms with Gasteiger partial charge in [-0.15, -0.1) is 0 Å². The predicted molar refractivity (Wildman–Crippen MR) is 124 cm³/mol. The Morgan fingerprint density at radius 3 is 2.16 bits per heavy atom. The van der Waals surface area contributed by atoms with Gasteiger partial charge < -0.3 is 23.9 Å². The van der Waals surface area contributed by atoms with Gasteiger partial charge in [0.05, 0.1) is 33.2 Å². The molecule has 1 amide bonds. The number of amides is 1. The SMILES string of the molecule is COc1cc(OC)cc(-c2coc3cc(OC)cc(C(=O)NCc4ccc(Cl)cc4)c23)c1. The van der Waals surface area contributed by atoms with Gasteiger partial charge in [-0.2, -0.15) is 0 Å². The third-order valence-electron chi connectivity index (χ3n) is 5.16. The first kappa shape index (κ1) is 21.6. The average Bonchev–Trinajstić information content (AvgIpc) is 3.26. The second-order valence-electron chi connectivity index (χ2n) is 7.11. The molecule has 0 saturated carbocycles. The van der Waals surface area contributed by atoms with E-state index in [1.807, 2.05) is 24.3 Å². The summed E-state index contributed by atoms with van der Waals surface area (Å²) in [6.45, 7) is 0.356. The van der Waals surface area contributed by atoms with Crippen LogP contribution in [0.3, 0.4) is 0 Å². The first-order valence-electron chi connectivity index (χ1n) is 9.87. The standard InChI is InChI=1S/C25H22ClNO5/c1-29-18-8-16(9-19(10-18)30-2)22-14-32-23-12-20(31-3)11-21(24(22)23)25(28)27-13-15-4-6-17(26)7-5-15/h4-12,14H,13H2,1-3H3,(H,27,28). The number of fused-ring (bicyclic) bond motifs is 1. The van der Waals surface area contributed by atoms with Gasteiger partial charge in [-0.05, 0) is 41.5 Å². The van der Waals surface area contributed by atoms with Crippen LogP contribution in [0.15, 0.2) is 65.3 Å². The van der Waals surface area contributed by atoms with E-state index in [4.69, 9.17) is 30.2 Å². The minimum absolute atomic E-state index is 0.249. The lowest BCUT2D eigenvalue weighted by atomic mass is 9.99. The second-order valence-corrected chi connectivity index (χ2v) is 7.54. The lowest BCUT2D eigenvalue weighted by molar-refractivity contribution is 0.0952. The Morgan fingerprint density at radius 2 is 1.53 bits per heavy atom. The molecule has 0 aliphatic rings. The Hall–Kier alpha value is -3.64. The van der Waals surface area contributed by atoms with Crippen molar-refractivity contribution in [2.75, 3.05) is 21.3 Å². The molecule has 4 aromatic rings. The summed E-state index contributed by atoms with van der Waals surface area (Å²) >= 11 is 5.95. The zero-order chi connectivity index (χ0) is 22.7. The molecule has 1 aromatic heterocycles. The highest BCUT2D eigenvalue weighted by Crippen LogP contribution is 2.38. The zero-order valence-corrected chi connectivity index (χ0v) is 18.7. The minimum atomic E-state index is -0.249. The molecule has 0 fully saturated rings. The molecule has 0 atom stereocenters. The van der Waals surface area contributed by atoms with Crippen LogP contribution in [-0.4, -0.2) is 27.2 Å². The molecule has 0 aliphatic carbocycles. The Labute approximate surface area is 190 Å². The molecule has 1 N–H and O–H groups in total. The van der Waals surface area contributed by atoms with Crippen molar-refractivity contribution in [3.8, 4) is 28.4 Å². The Morgan fingerprint density at radius 1 is 0.906 bits per heavy atom. The van der Waals surface area contributed by atoms with E-state index >= 15 is 0 Å². The van der Waals surface area contributed by atoms with E-state index < -0.39 is 0 Å². The predicted octanol–water partition coefficient (Wildman–Crippen LogP) is 5.71. The molecule has 0 radical (unpaired) electrons. The summed E-state index contributed by atoms with van der Waals surface area (Å²) in [6.07, 6.45) is 1.62. The summed E-state index contributed by atoms with van der Waals surface area (Å²) in [5, 5.41) is 4.28. The first-order valence-corrected chi connectivity index (χ1v) is 10.3. The summed E-state index contributed by atoms with van der Waals surface area (Å²) in [6, 6.07) is 16.3. The van der Waals surface area contributed by atoms with Gasteiger partial charge in [-0.3, -0.25) is 4.79 Å². The number of rotatable bonds is 7. The first-order chi connectivity index (χ1) is 15.5. The van der Waals surface area contributed by atoms with Crippen molar-refractivity contribution in [3.63, 3.8) is 0 Å². The average molecular weight is 452 g/mol. The van der Waals surface area contributed by atoms with E-state index in [1.165, 1.54) is 0 Å². The van der Waals surface area contributed by atoms with Crippen LogP contribution in [0.2, 0.25) is 5.02 Å². The summed E-state index contributed by atoms with van der Waals surface area (Å²) in [5.41, 5.74) is 3.47. The highest BCUT2D eigenvalue weighted by atomic mass is 35.5. The van der Waals surface area contributed by atoms with E-state index in [0.29, 0.717) is 45.3 Å². The molecule has 0 saturated heterocycles. The van der Waals surface area contributed by atoms with E-state index in [-0.39, 0.29) is 5.91 Å². The minimum Gasteiger partial charge on any atom is -0.497 e. The highest BCUT2D eigenvalue weighted by molar-refractivity contribution is 6.30. The van der Waals surface area contributed by atoms with Crippen LogP contribution in [0.1, 0.15) is 15.9 Å². The lowest BCUT2D eigenvalue weighted by Crippen LogP contribution is -2.23. The van der Waals surface area contributed by atoms with Gasteiger partial charge in [0.1, 0.15) is 22.8 Å². The number of halogens is 1. The Kier molecular flexibility index (Phi) is 6.23. The number of carbonyl (C=O) groups is 1. The molecule has 6 nitrogen and oxygen atoms in total. The van der Waals surface area contributed by atoms with Crippen LogP contribution in [0.4, 0.5) is 0 Å². The van der Waals surface area contributed by atoms with E-state index in [2.05, 4.69) is 5.32 Å². The fourth-order valence-electron chi connectivity index (χ4n) is 3.49. The van der Waals surface area contributed by atoms with Crippen LogP contribution in [0.25, 0.3) is 22.1 Å². The van der Waals surface area contributed by atoms with Gasteiger partial charge in [0, 0.05) is 34.6 Å². The molecule has 3 aromatic carbocycles. The molecular weight excluding hydrogens is 430 g/mol. The third-order valence-corrected chi connectivity index (χ3v) is 5.41. The van der Waals surface area contributed by atoms with Crippen molar-refractivity contribution in [1.29, 1.82) is 0 Å². The van der Waals surface area contributed by atoms with Gasteiger partial charge in [-0.25, -0.2) is 0 Å². The maximum atomic E-state index is 13.2. The number of furan rings is 1. The van der Waals surface area contributed by atoms with Crippen molar-refractivity contribution in [2.45, 2.75) is 6.54 Å². The maximum absolute atomic E-state index is 13.2. The molecular formula is C25H22ClNO5. The largest absolute Gasteiger partial charge is 0.497 e. The van der Waals surface area contributed by atoms with Crippen LogP contribution >= 0.6 is 11.6 Å². The van der Waals surface area contributed by atoms with Crippen molar-refractivity contribution >= 4 is 28.5 Å². The number of nitrogens with one attached hydrogen (secondary N) is 1. The van der Waals surface area contributed by atoms with Crippen LogP contribution < -0.4 is 19.5 Å². The van der Waals surface area contributed by atoms with E-state index in [1.54, 1.807) is 57.9 Å². The summed E-state index contributed by atoms with van der Waals surface area (Å²) in [7, 11) is 4.73. The van der Waals surface area contributed by atoms with Gasteiger partial charge in [0.15, 0.2) is 0 Å². The molecule has 0 spiro atoms. The summed E-state index contributed by atoms with van der Waals surface area (Å²) in [5.74, 6) is 1.55. The molecule has 0 aliphatic heterocycles. The van der Waals surface area contributed by atoms with Crippen LogP contribution in [0, 0.1) is 0 Å². The summed E-state index contributed by atoms with van der Waals surface area (Å²) in [4.78, 5) is 13.2. The monoisotopic (exact) mass is 451 g/mol. The lowest BCUT2D eigenvalue weighted by Gasteiger charge is -2.11. The van der Waals surface area contributed by atoms with Gasteiger partial charge in [0.2, 0.25) is 0 Å². The molecule has 1 heterocycles. The van der Waals surface area contributed by atoms with Crippen molar-refractivity contribution < 1.29 is 23.4 Å². The second kappa shape index (κ2) is 9.24. The van der Waals surface area contributed by atoms with Crippen molar-refractivity contribution in [3.05, 3.63) is 77.0 Å². The summed E-state index contributed by atoms with van der Waals surface area (Å²) < 4.78 is 22.0. The number of ether oxygens (including phenoxy) is 3. The number of carbonyl (C=O) groups excluding carboxylic acids is 1. The molecule has 0 unspecified atom stereocenters. The smallest absolute Gasteiger partial charge is 0.252 e. The quantitative estimate of drug-likeness (QED) is 0.389. The number of hydrogen-bond donors (Lipinski definition) is 1. The van der Waals surface area contributed by atoms with Gasteiger partial charge in [0.25, 0.3) is 5.91 Å². The number of benzene rings is 3. The molecule has 0 bridgehead atoms. The van der Waals surface area contributed by atoms with E-state index in [0.717, 1.165) is 16.7 Å². The molecule has 7 heteroatoms. The van der Waals surface area contributed by atoms with Crippen molar-refractivity contribution in [2.24, 2.45) is 0 Å². The maximum Gasteiger partial charge on any atom is 0.252 e. The fourth-order valence-corrected chi connectivity index (χ4v) is 3.62.